The fourth-order valence-electron chi connectivity index (χ4n) is 2.15. The van der Waals surface area contributed by atoms with Gasteiger partial charge >= 0.3 is 6.03 Å². The summed E-state index contributed by atoms with van der Waals surface area (Å²) in [6, 6.07) is 3.36. The molecule has 0 aromatic carbocycles. The van der Waals surface area contributed by atoms with Crippen molar-refractivity contribution < 1.29 is 14.0 Å². The van der Waals surface area contributed by atoms with Gasteiger partial charge < -0.3 is 15.1 Å². The van der Waals surface area contributed by atoms with Crippen LogP contribution in [0.3, 0.4) is 0 Å². The highest BCUT2D eigenvalue weighted by atomic mass is 16.3. The monoisotopic (exact) mass is 280 g/mol. The van der Waals surface area contributed by atoms with Crippen molar-refractivity contribution in [1.29, 1.82) is 0 Å². The number of piperazine rings is 1. The molecule has 0 spiro atoms. The molecule has 20 heavy (non-hydrogen) atoms. The molecular weight excluding hydrogens is 260 g/mol. The number of hydrogen-bond acceptors (Lipinski definition) is 5. The van der Waals surface area contributed by atoms with Gasteiger partial charge in [0.15, 0.2) is 0 Å². The highest BCUT2D eigenvalue weighted by Gasteiger charge is 2.18. The largest absolute Gasteiger partial charge is 0.467 e. The molecule has 2 rings (SSSR count). The lowest BCUT2D eigenvalue weighted by atomic mass is 10.2. The van der Waals surface area contributed by atoms with Gasteiger partial charge in [0, 0.05) is 25.7 Å². The van der Waals surface area contributed by atoms with Crippen molar-refractivity contribution in [1.82, 2.24) is 20.9 Å². The molecule has 1 saturated heterocycles. The smallest absolute Gasteiger partial charge is 0.321 e. The zero-order chi connectivity index (χ0) is 14.4. The number of furan rings is 1. The second-order valence-corrected chi connectivity index (χ2v) is 4.90. The quantitative estimate of drug-likeness (QED) is 0.717. The van der Waals surface area contributed by atoms with E-state index in [1.165, 1.54) is 6.26 Å². The number of carbonyl (C=O) groups excluding carboxylic acids is 2. The number of nitrogens with zero attached hydrogens (tertiary/aromatic N) is 1. The Labute approximate surface area is 117 Å². The molecule has 1 unspecified atom stereocenters. The molecule has 110 valence electrons. The molecule has 1 aromatic rings. The van der Waals surface area contributed by atoms with E-state index in [2.05, 4.69) is 22.9 Å². The number of hydrogen-bond donors (Lipinski definition) is 3. The maximum atomic E-state index is 11.7. The van der Waals surface area contributed by atoms with Gasteiger partial charge in [-0.2, -0.15) is 0 Å². The first-order valence-electron chi connectivity index (χ1n) is 6.69. The van der Waals surface area contributed by atoms with Crippen molar-refractivity contribution in [2.75, 3.05) is 26.2 Å². The van der Waals surface area contributed by atoms with Crippen molar-refractivity contribution in [2.45, 2.75) is 19.5 Å². The molecule has 3 amide bonds. The zero-order valence-electron chi connectivity index (χ0n) is 11.5. The molecule has 1 aromatic heterocycles. The Hall–Kier alpha value is -1.86. The van der Waals surface area contributed by atoms with Gasteiger partial charge in [-0.1, -0.05) is 0 Å². The van der Waals surface area contributed by atoms with Crippen molar-refractivity contribution in [3.05, 3.63) is 24.2 Å². The molecule has 2 heterocycles. The van der Waals surface area contributed by atoms with E-state index in [0.717, 1.165) is 19.6 Å². The Bertz CT molecular complexity index is 446. The van der Waals surface area contributed by atoms with Gasteiger partial charge in [0.25, 0.3) is 0 Å². The molecular formula is C13H20N4O3. The molecule has 1 aliphatic heterocycles. The minimum Gasteiger partial charge on any atom is -0.467 e. The van der Waals surface area contributed by atoms with Crippen LogP contribution in [0.2, 0.25) is 0 Å². The van der Waals surface area contributed by atoms with Crippen LogP contribution in [0.5, 0.6) is 0 Å². The standard InChI is InChI=1S/C13H20N4O3/c1-10-8-17(5-4-14-10)9-12(18)16-13(19)15-7-11-3-2-6-20-11/h2-3,6,10,14H,4-5,7-9H2,1H3,(H2,15,16,18,19). The van der Waals surface area contributed by atoms with E-state index in [1.54, 1.807) is 12.1 Å². The highest BCUT2D eigenvalue weighted by Crippen LogP contribution is 1.99. The molecule has 0 radical (unpaired) electrons. The van der Waals surface area contributed by atoms with E-state index in [9.17, 15) is 9.59 Å². The third kappa shape index (κ3) is 4.67. The summed E-state index contributed by atoms with van der Waals surface area (Å²) in [5.41, 5.74) is 0. The van der Waals surface area contributed by atoms with E-state index >= 15 is 0 Å². The summed E-state index contributed by atoms with van der Waals surface area (Å²) in [4.78, 5) is 25.3. The molecule has 1 atom stereocenters. The van der Waals surface area contributed by atoms with E-state index in [1.807, 2.05) is 4.90 Å². The molecule has 1 fully saturated rings. The SMILES string of the molecule is CC1CN(CC(=O)NC(=O)NCc2ccco2)CCN1. The summed E-state index contributed by atoms with van der Waals surface area (Å²) >= 11 is 0. The van der Waals surface area contributed by atoms with Crippen molar-refractivity contribution in [3.8, 4) is 0 Å². The van der Waals surface area contributed by atoms with Crippen LogP contribution in [0.4, 0.5) is 4.79 Å². The number of rotatable bonds is 4. The number of imide groups is 1. The Morgan fingerprint density at radius 1 is 1.55 bits per heavy atom. The Morgan fingerprint density at radius 3 is 3.10 bits per heavy atom. The van der Waals surface area contributed by atoms with E-state index in [0.29, 0.717) is 11.8 Å². The summed E-state index contributed by atoms with van der Waals surface area (Å²) in [6.07, 6.45) is 1.53. The molecule has 3 N–H and O–H groups in total. The fourth-order valence-corrected chi connectivity index (χ4v) is 2.15. The molecule has 0 bridgehead atoms. The zero-order valence-corrected chi connectivity index (χ0v) is 11.5. The molecule has 7 nitrogen and oxygen atoms in total. The van der Waals surface area contributed by atoms with Crippen molar-refractivity contribution >= 4 is 11.9 Å². The lowest BCUT2D eigenvalue weighted by molar-refractivity contribution is -0.121. The number of carbonyl (C=O) groups is 2. The van der Waals surface area contributed by atoms with Crippen LogP contribution < -0.4 is 16.0 Å². The van der Waals surface area contributed by atoms with Gasteiger partial charge in [-0.05, 0) is 19.1 Å². The highest BCUT2D eigenvalue weighted by molar-refractivity contribution is 5.95. The lowest BCUT2D eigenvalue weighted by Crippen LogP contribution is -2.52. The Balaban J connectivity index is 1.67. The second kappa shape index (κ2) is 7.06. The summed E-state index contributed by atoms with van der Waals surface area (Å²) in [5, 5.41) is 8.18. The fraction of sp³-hybridized carbons (Fsp3) is 0.538. The number of amides is 3. The van der Waals surface area contributed by atoms with Gasteiger partial charge in [-0.25, -0.2) is 4.79 Å². The van der Waals surface area contributed by atoms with Gasteiger partial charge in [-0.15, -0.1) is 0 Å². The first-order valence-corrected chi connectivity index (χ1v) is 6.69. The number of nitrogens with one attached hydrogen (secondary N) is 3. The molecule has 1 aliphatic rings. The van der Waals surface area contributed by atoms with Crippen LogP contribution in [0, 0.1) is 0 Å². The Morgan fingerprint density at radius 2 is 2.40 bits per heavy atom. The minimum absolute atomic E-state index is 0.236. The average Bonchev–Trinajstić information content (AvgIpc) is 2.89. The van der Waals surface area contributed by atoms with Crippen LogP contribution in [0.1, 0.15) is 12.7 Å². The predicted octanol–water partition coefficient (Wildman–Crippen LogP) is -0.101. The van der Waals surface area contributed by atoms with Crippen LogP contribution in [0.15, 0.2) is 22.8 Å². The van der Waals surface area contributed by atoms with Crippen molar-refractivity contribution in [2.24, 2.45) is 0 Å². The summed E-state index contributed by atoms with van der Waals surface area (Å²) in [7, 11) is 0. The van der Waals surface area contributed by atoms with E-state index in [-0.39, 0.29) is 19.0 Å². The van der Waals surface area contributed by atoms with Gasteiger partial charge in [0.1, 0.15) is 5.76 Å². The van der Waals surface area contributed by atoms with Crippen LogP contribution >= 0.6 is 0 Å². The molecule has 0 saturated carbocycles. The van der Waals surface area contributed by atoms with Crippen LogP contribution in [0.25, 0.3) is 0 Å². The summed E-state index contributed by atoms with van der Waals surface area (Å²) in [5.74, 6) is 0.347. The van der Waals surface area contributed by atoms with Gasteiger partial charge in [0.05, 0.1) is 19.4 Å². The van der Waals surface area contributed by atoms with Crippen LogP contribution in [-0.4, -0.2) is 49.1 Å². The maximum Gasteiger partial charge on any atom is 0.321 e. The summed E-state index contributed by atoms with van der Waals surface area (Å²) < 4.78 is 5.08. The van der Waals surface area contributed by atoms with E-state index in [4.69, 9.17) is 4.42 Å². The molecule has 0 aliphatic carbocycles. The first kappa shape index (κ1) is 14.5. The maximum absolute atomic E-state index is 11.7. The minimum atomic E-state index is -0.505. The second-order valence-electron chi connectivity index (χ2n) is 4.90. The topological polar surface area (TPSA) is 86.6 Å². The molecule has 7 heteroatoms. The van der Waals surface area contributed by atoms with Gasteiger partial charge in [0.2, 0.25) is 5.91 Å². The third-order valence-corrected chi connectivity index (χ3v) is 3.08. The van der Waals surface area contributed by atoms with Gasteiger partial charge in [-0.3, -0.25) is 15.0 Å². The normalized spacial score (nSPS) is 19.6. The third-order valence-electron chi connectivity index (χ3n) is 3.08. The summed E-state index contributed by atoms with van der Waals surface area (Å²) in [6.45, 7) is 5.05. The average molecular weight is 280 g/mol. The number of urea groups is 1. The first-order chi connectivity index (χ1) is 9.63. The van der Waals surface area contributed by atoms with Crippen molar-refractivity contribution in [3.63, 3.8) is 0 Å². The predicted molar refractivity (Wildman–Crippen MR) is 73.0 cm³/mol. The Kier molecular flexibility index (Phi) is 5.14. The van der Waals surface area contributed by atoms with Crippen LogP contribution in [-0.2, 0) is 11.3 Å². The van der Waals surface area contributed by atoms with E-state index < -0.39 is 6.03 Å². The lowest BCUT2D eigenvalue weighted by Gasteiger charge is -2.31.